The van der Waals surface area contributed by atoms with Crippen molar-refractivity contribution in [3.63, 3.8) is 0 Å². The minimum Gasteiger partial charge on any atom is -0.350 e. The summed E-state index contributed by atoms with van der Waals surface area (Å²) in [5.41, 5.74) is -0.111. The van der Waals surface area contributed by atoms with Gasteiger partial charge in [0.2, 0.25) is 0 Å². The van der Waals surface area contributed by atoms with E-state index >= 15 is 0 Å². The summed E-state index contributed by atoms with van der Waals surface area (Å²) in [5.74, 6) is 0.680. The van der Waals surface area contributed by atoms with Gasteiger partial charge in [0.1, 0.15) is 5.69 Å². The predicted molar refractivity (Wildman–Crippen MR) is 66.3 cm³/mol. The molecule has 1 aromatic rings. The van der Waals surface area contributed by atoms with Gasteiger partial charge >= 0.3 is 0 Å². The number of carbonyl (C=O) groups is 1. The normalized spacial score (nSPS) is 12.1. The number of hydrogen-bond donors (Lipinski definition) is 2. The highest BCUT2D eigenvalue weighted by Crippen LogP contribution is 2.07. The lowest BCUT2D eigenvalue weighted by Gasteiger charge is -2.13. The van der Waals surface area contributed by atoms with Gasteiger partial charge in [-0.2, -0.15) is 5.10 Å². The van der Waals surface area contributed by atoms with E-state index in [0.717, 1.165) is 12.8 Å². The van der Waals surface area contributed by atoms with Crippen LogP contribution in [0.3, 0.4) is 0 Å². The summed E-state index contributed by atoms with van der Waals surface area (Å²) in [6.45, 7) is 2.63. The number of aromatic amines is 1. The molecule has 0 radical (unpaired) electrons. The third-order valence-corrected chi connectivity index (χ3v) is 2.78. The van der Waals surface area contributed by atoms with Crippen LogP contribution in [0.15, 0.2) is 16.9 Å². The van der Waals surface area contributed by atoms with Gasteiger partial charge in [0.05, 0.1) is 0 Å². The van der Waals surface area contributed by atoms with Crippen molar-refractivity contribution in [1.82, 2.24) is 15.5 Å². The number of rotatable bonds is 6. The zero-order chi connectivity index (χ0) is 12.7. The summed E-state index contributed by atoms with van der Waals surface area (Å²) in [6, 6.07) is 2.68. The van der Waals surface area contributed by atoms with E-state index in [0.29, 0.717) is 18.3 Å². The third-order valence-electron chi connectivity index (χ3n) is 2.56. The summed E-state index contributed by atoms with van der Waals surface area (Å²) >= 11 is 5.66. The van der Waals surface area contributed by atoms with Crippen LogP contribution in [0.1, 0.15) is 30.3 Å². The van der Waals surface area contributed by atoms with Gasteiger partial charge in [-0.25, -0.2) is 5.10 Å². The molecule has 0 aromatic carbocycles. The molecule has 0 aliphatic carbocycles. The topological polar surface area (TPSA) is 74.8 Å². The van der Waals surface area contributed by atoms with Crippen LogP contribution in [0.5, 0.6) is 0 Å². The molecule has 2 N–H and O–H groups in total. The van der Waals surface area contributed by atoms with Crippen molar-refractivity contribution in [1.29, 1.82) is 0 Å². The van der Waals surface area contributed by atoms with E-state index in [1.165, 1.54) is 12.1 Å². The van der Waals surface area contributed by atoms with Gasteiger partial charge in [-0.15, -0.1) is 11.6 Å². The van der Waals surface area contributed by atoms with Gasteiger partial charge in [-0.3, -0.25) is 9.59 Å². The first-order valence-electron chi connectivity index (χ1n) is 5.57. The Morgan fingerprint density at radius 1 is 1.59 bits per heavy atom. The van der Waals surface area contributed by atoms with Gasteiger partial charge in [-0.05, 0) is 18.4 Å². The molecule has 1 heterocycles. The maximum atomic E-state index is 11.7. The highest BCUT2D eigenvalue weighted by atomic mass is 35.5. The van der Waals surface area contributed by atoms with E-state index in [2.05, 4.69) is 22.4 Å². The van der Waals surface area contributed by atoms with Crippen molar-refractivity contribution < 1.29 is 4.79 Å². The Labute approximate surface area is 105 Å². The number of H-pyrrole nitrogens is 1. The third kappa shape index (κ3) is 4.56. The summed E-state index contributed by atoms with van der Waals surface area (Å²) in [7, 11) is 0. The molecule has 1 unspecified atom stereocenters. The molecule has 1 aromatic heterocycles. The fourth-order valence-corrected chi connectivity index (χ4v) is 1.71. The van der Waals surface area contributed by atoms with E-state index in [-0.39, 0.29) is 17.2 Å². The SMILES string of the molecule is CCC(CCCl)CNC(=O)c1ccc(=O)[nH]n1. The number of alkyl halides is 1. The zero-order valence-electron chi connectivity index (χ0n) is 9.70. The number of hydrogen-bond acceptors (Lipinski definition) is 3. The molecule has 17 heavy (non-hydrogen) atoms. The lowest BCUT2D eigenvalue weighted by Crippen LogP contribution is -2.30. The van der Waals surface area contributed by atoms with Gasteiger partial charge in [0.25, 0.3) is 11.5 Å². The molecule has 0 bridgehead atoms. The molecule has 1 rings (SSSR count). The van der Waals surface area contributed by atoms with Gasteiger partial charge in [0.15, 0.2) is 0 Å². The van der Waals surface area contributed by atoms with E-state index in [1.54, 1.807) is 0 Å². The second kappa shape index (κ2) is 7.06. The van der Waals surface area contributed by atoms with Crippen LogP contribution in [0, 0.1) is 5.92 Å². The average Bonchev–Trinajstić information content (AvgIpc) is 2.35. The summed E-state index contributed by atoms with van der Waals surface area (Å²) in [6.07, 6.45) is 1.84. The van der Waals surface area contributed by atoms with Crippen molar-refractivity contribution >= 4 is 17.5 Å². The smallest absolute Gasteiger partial charge is 0.271 e. The highest BCUT2D eigenvalue weighted by Gasteiger charge is 2.10. The first-order valence-corrected chi connectivity index (χ1v) is 6.10. The molecule has 0 saturated heterocycles. The van der Waals surface area contributed by atoms with Gasteiger partial charge in [0, 0.05) is 18.5 Å². The Morgan fingerprint density at radius 2 is 2.35 bits per heavy atom. The summed E-state index contributed by atoms with van der Waals surface area (Å²) in [5, 5.41) is 8.64. The van der Waals surface area contributed by atoms with Crippen LogP contribution < -0.4 is 10.9 Å². The van der Waals surface area contributed by atoms with E-state index in [4.69, 9.17) is 11.6 Å². The summed E-state index contributed by atoms with van der Waals surface area (Å²) in [4.78, 5) is 22.4. The van der Waals surface area contributed by atoms with E-state index in [9.17, 15) is 9.59 Å². The van der Waals surface area contributed by atoms with Crippen LogP contribution in [-0.4, -0.2) is 28.5 Å². The zero-order valence-corrected chi connectivity index (χ0v) is 10.5. The molecular formula is C11H16ClN3O2. The molecule has 6 heteroatoms. The number of nitrogens with zero attached hydrogens (tertiary/aromatic N) is 1. The minimum atomic E-state index is -0.324. The fraction of sp³-hybridized carbons (Fsp3) is 0.545. The standard InChI is InChI=1S/C11H16ClN3O2/c1-2-8(5-6-12)7-13-11(17)9-3-4-10(16)15-14-9/h3-4,8H,2,5-7H2,1H3,(H,13,17)(H,15,16). The van der Waals surface area contributed by atoms with Crippen LogP contribution in [-0.2, 0) is 0 Å². The van der Waals surface area contributed by atoms with Crippen LogP contribution >= 0.6 is 11.6 Å². The molecule has 1 amide bonds. The molecule has 5 nitrogen and oxygen atoms in total. The molecule has 0 spiro atoms. The van der Waals surface area contributed by atoms with E-state index in [1.807, 2.05) is 0 Å². The Morgan fingerprint density at radius 3 is 2.88 bits per heavy atom. The number of nitrogens with one attached hydrogen (secondary N) is 2. The Bertz CT molecular complexity index is 399. The maximum Gasteiger partial charge on any atom is 0.271 e. The predicted octanol–water partition coefficient (Wildman–Crippen LogP) is 1.15. The second-order valence-corrected chi connectivity index (χ2v) is 4.15. The van der Waals surface area contributed by atoms with Crippen LogP contribution in [0.2, 0.25) is 0 Å². The van der Waals surface area contributed by atoms with Gasteiger partial charge in [-0.1, -0.05) is 13.3 Å². The lowest BCUT2D eigenvalue weighted by molar-refractivity contribution is 0.0940. The molecule has 0 aliphatic heterocycles. The van der Waals surface area contributed by atoms with E-state index < -0.39 is 0 Å². The van der Waals surface area contributed by atoms with Crippen molar-refractivity contribution in [3.8, 4) is 0 Å². The fourth-order valence-electron chi connectivity index (χ4n) is 1.40. The Balaban J connectivity index is 2.49. The molecule has 0 aliphatic rings. The summed E-state index contributed by atoms with van der Waals surface area (Å²) < 4.78 is 0. The maximum absolute atomic E-state index is 11.7. The van der Waals surface area contributed by atoms with Crippen LogP contribution in [0.4, 0.5) is 0 Å². The van der Waals surface area contributed by atoms with Crippen molar-refractivity contribution in [2.45, 2.75) is 19.8 Å². The highest BCUT2D eigenvalue weighted by molar-refractivity contribution is 6.17. The Hall–Kier alpha value is -1.36. The largest absolute Gasteiger partial charge is 0.350 e. The average molecular weight is 258 g/mol. The van der Waals surface area contributed by atoms with Crippen LogP contribution in [0.25, 0.3) is 0 Å². The first-order chi connectivity index (χ1) is 8.17. The minimum absolute atomic E-state index is 0.213. The number of aromatic nitrogens is 2. The number of halogens is 1. The Kier molecular flexibility index (Phi) is 5.69. The molecule has 0 saturated carbocycles. The second-order valence-electron chi connectivity index (χ2n) is 3.77. The van der Waals surface area contributed by atoms with Crippen molar-refractivity contribution in [3.05, 3.63) is 28.2 Å². The molecule has 1 atom stereocenters. The van der Waals surface area contributed by atoms with Crippen molar-refractivity contribution in [2.75, 3.05) is 12.4 Å². The van der Waals surface area contributed by atoms with Crippen molar-refractivity contribution in [2.24, 2.45) is 5.92 Å². The molecule has 0 fully saturated rings. The quantitative estimate of drug-likeness (QED) is 0.751. The molecular weight excluding hydrogens is 242 g/mol. The monoisotopic (exact) mass is 257 g/mol. The molecule has 94 valence electrons. The first kappa shape index (κ1) is 13.7. The lowest BCUT2D eigenvalue weighted by atomic mass is 10.0. The number of amides is 1. The van der Waals surface area contributed by atoms with Gasteiger partial charge < -0.3 is 5.32 Å². The number of carbonyl (C=O) groups excluding carboxylic acids is 1.